The van der Waals surface area contributed by atoms with Crippen LogP contribution in [0.1, 0.15) is 0 Å². The molecule has 0 saturated heterocycles. The van der Waals surface area contributed by atoms with Crippen molar-refractivity contribution >= 4 is 33.5 Å². The third-order valence-electron chi connectivity index (χ3n) is 2.32. The van der Waals surface area contributed by atoms with Crippen molar-refractivity contribution in [2.24, 2.45) is 0 Å². The number of benzene rings is 1. The molecule has 0 aliphatic rings. The standard InChI is InChI=1S/C12H11ClN4O3S/c13-9-5-1-2-6-10(9)21(19,20)17-12(18)16-15-11-7-3-4-8-14-11/h1-8H,(H,14,15)(H2,16,17,18). The van der Waals surface area contributed by atoms with Gasteiger partial charge in [-0.1, -0.05) is 29.8 Å². The first-order valence-corrected chi connectivity index (χ1v) is 7.59. The van der Waals surface area contributed by atoms with E-state index in [1.165, 1.54) is 24.4 Å². The van der Waals surface area contributed by atoms with Gasteiger partial charge in [0, 0.05) is 6.20 Å². The molecule has 0 bridgehead atoms. The van der Waals surface area contributed by atoms with E-state index >= 15 is 0 Å². The van der Waals surface area contributed by atoms with Crippen LogP contribution in [0.3, 0.4) is 0 Å². The van der Waals surface area contributed by atoms with Gasteiger partial charge in [0.2, 0.25) is 0 Å². The highest BCUT2D eigenvalue weighted by Gasteiger charge is 2.20. The number of amides is 2. The Morgan fingerprint density at radius 2 is 1.81 bits per heavy atom. The Hall–Kier alpha value is -2.32. The van der Waals surface area contributed by atoms with Gasteiger partial charge in [0.05, 0.1) is 5.02 Å². The van der Waals surface area contributed by atoms with Gasteiger partial charge in [-0.15, -0.1) is 0 Å². The van der Waals surface area contributed by atoms with Crippen LogP contribution < -0.4 is 15.6 Å². The lowest BCUT2D eigenvalue weighted by Crippen LogP contribution is -2.42. The van der Waals surface area contributed by atoms with Crippen LogP contribution in [-0.4, -0.2) is 19.4 Å². The first kappa shape index (κ1) is 15.1. The van der Waals surface area contributed by atoms with Crippen LogP contribution in [0.4, 0.5) is 10.6 Å². The zero-order chi connectivity index (χ0) is 15.3. The van der Waals surface area contributed by atoms with Crippen molar-refractivity contribution in [1.29, 1.82) is 0 Å². The normalized spacial score (nSPS) is 10.7. The number of urea groups is 1. The molecule has 2 amide bonds. The second-order valence-electron chi connectivity index (χ2n) is 3.83. The van der Waals surface area contributed by atoms with Crippen molar-refractivity contribution in [1.82, 2.24) is 15.1 Å². The summed E-state index contributed by atoms with van der Waals surface area (Å²) >= 11 is 5.79. The van der Waals surface area contributed by atoms with Gasteiger partial charge in [-0.3, -0.25) is 5.43 Å². The minimum absolute atomic E-state index is 0.0236. The maximum Gasteiger partial charge on any atom is 0.347 e. The molecule has 110 valence electrons. The summed E-state index contributed by atoms with van der Waals surface area (Å²) < 4.78 is 25.8. The van der Waals surface area contributed by atoms with E-state index in [0.717, 1.165) is 0 Å². The summed E-state index contributed by atoms with van der Waals surface area (Å²) in [5, 5.41) is 0.0236. The Kier molecular flexibility index (Phi) is 4.61. The fourth-order valence-corrected chi connectivity index (χ4v) is 2.85. The molecular weight excluding hydrogens is 316 g/mol. The van der Waals surface area contributed by atoms with E-state index < -0.39 is 16.1 Å². The molecule has 2 aromatic rings. The number of carbonyl (C=O) groups is 1. The summed E-state index contributed by atoms with van der Waals surface area (Å²) in [7, 11) is -4.05. The molecule has 9 heteroatoms. The summed E-state index contributed by atoms with van der Waals surface area (Å²) in [6.45, 7) is 0. The topological polar surface area (TPSA) is 100 Å². The summed E-state index contributed by atoms with van der Waals surface area (Å²) in [6.07, 6.45) is 1.52. The van der Waals surface area contributed by atoms with Crippen molar-refractivity contribution in [3.63, 3.8) is 0 Å². The SMILES string of the molecule is O=C(NNc1ccccn1)NS(=O)(=O)c1ccccc1Cl. The maximum absolute atomic E-state index is 12.0. The summed E-state index contributed by atoms with van der Waals surface area (Å²) in [4.78, 5) is 15.3. The number of hydrazine groups is 1. The Morgan fingerprint density at radius 3 is 2.48 bits per heavy atom. The third-order valence-corrected chi connectivity index (χ3v) is 4.15. The van der Waals surface area contributed by atoms with Crippen molar-refractivity contribution in [2.75, 3.05) is 5.43 Å². The summed E-state index contributed by atoms with van der Waals surface area (Å²) in [6, 6.07) is 9.85. The van der Waals surface area contributed by atoms with E-state index in [9.17, 15) is 13.2 Å². The van der Waals surface area contributed by atoms with Crippen LogP contribution in [0.2, 0.25) is 5.02 Å². The predicted molar refractivity (Wildman–Crippen MR) is 78.2 cm³/mol. The fourth-order valence-electron chi connectivity index (χ4n) is 1.42. The van der Waals surface area contributed by atoms with Crippen LogP contribution in [0.5, 0.6) is 0 Å². The Balaban J connectivity index is 2.01. The summed E-state index contributed by atoms with van der Waals surface area (Å²) in [5.74, 6) is 0.364. The first-order chi connectivity index (χ1) is 9.99. The molecule has 21 heavy (non-hydrogen) atoms. The molecule has 0 unspecified atom stereocenters. The van der Waals surface area contributed by atoms with Crippen molar-refractivity contribution in [2.45, 2.75) is 4.90 Å². The van der Waals surface area contributed by atoms with E-state index in [1.807, 2.05) is 4.72 Å². The molecule has 1 heterocycles. The number of rotatable bonds is 4. The zero-order valence-corrected chi connectivity index (χ0v) is 12.1. The Morgan fingerprint density at radius 1 is 1.10 bits per heavy atom. The Labute approximate surface area is 126 Å². The van der Waals surface area contributed by atoms with E-state index in [2.05, 4.69) is 15.8 Å². The minimum atomic E-state index is -4.05. The molecule has 3 N–H and O–H groups in total. The van der Waals surface area contributed by atoms with Gasteiger partial charge >= 0.3 is 6.03 Å². The lowest BCUT2D eigenvalue weighted by Gasteiger charge is -2.10. The maximum atomic E-state index is 12.0. The van der Waals surface area contributed by atoms with Crippen molar-refractivity contribution in [3.05, 3.63) is 53.7 Å². The lowest BCUT2D eigenvalue weighted by molar-refractivity contribution is 0.247. The zero-order valence-electron chi connectivity index (χ0n) is 10.6. The van der Waals surface area contributed by atoms with E-state index in [4.69, 9.17) is 11.6 Å². The highest BCUT2D eigenvalue weighted by atomic mass is 35.5. The molecule has 0 atom stereocenters. The minimum Gasteiger partial charge on any atom is -0.280 e. The molecule has 1 aromatic carbocycles. The number of nitrogens with one attached hydrogen (secondary N) is 3. The Bertz CT molecular complexity index is 737. The first-order valence-electron chi connectivity index (χ1n) is 5.73. The second-order valence-corrected chi connectivity index (χ2v) is 5.89. The lowest BCUT2D eigenvalue weighted by atomic mass is 10.4. The number of aromatic nitrogens is 1. The van der Waals surface area contributed by atoms with Crippen LogP contribution in [-0.2, 0) is 10.0 Å². The van der Waals surface area contributed by atoms with Gasteiger partial charge in [0.1, 0.15) is 10.7 Å². The van der Waals surface area contributed by atoms with Gasteiger partial charge in [0.25, 0.3) is 10.0 Å². The molecule has 2 rings (SSSR count). The van der Waals surface area contributed by atoms with Gasteiger partial charge < -0.3 is 0 Å². The average Bonchev–Trinajstić information content (AvgIpc) is 2.46. The van der Waals surface area contributed by atoms with Crippen LogP contribution in [0, 0.1) is 0 Å². The van der Waals surface area contributed by atoms with Gasteiger partial charge in [-0.25, -0.2) is 28.3 Å². The van der Waals surface area contributed by atoms with Crippen LogP contribution >= 0.6 is 11.6 Å². The highest BCUT2D eigenvalue weighted by molar-refractivity contribution is 7.90. The fraction of sp³-hybridized carbons (Fsp3) is 0. The smallest absolute Gasteiger partial charge is 0.280 e. The largest absolute Gasteiger partial charge is 0.347 e. The number of halogens is 1. The average molecular weight is 327 g/mol. The highest BCUT2D eigenvalue weighted by Crippen LogP contribution is 2.19. The number of anilines is 1. The molecule has 1 aromatic heterocycles. The molecular formula is C12H11ClN4O3S. The van der Waals surface area contributed by atoms with Crippen LogP contribution in [0.25, 0.3) is 0 Å². The molecule has 0 aliphatic heterocycles. The van der Waals surface area contributed by atoms with Crippen molar-refractivity contribution in [3.8, 4) is 0 Å². The quantitative estimate of drug-likeness (QED) is 0.743. The van der Waals surface area contributed by atoms with E-state index in [0.29, 0.717) is 5.82 Å². The molecule has 7 nitrogen and oxygen atoms in total. The molecule has 0 spiro atoms. The van der Waals surface area contributed by atoms with Gasteiger partial charge in [-0.05, 0) is 24.3 Å². The monoisotopic (exact) mass is 326 g/mol. The summed E-state index contributed by atoms with van der Waals surface area (Å²) in [5.41, 5.74) is 4.62. The number of carbonyl (C=O) groups excluding carboxylic acids is 1. The number of sulfonamides is 1. The number of hydrogen-bond acceptors (Lipinski definition) is 5. The number of nitrogens with zero attached hydrogens (tertiary/aromatic N) is 1. The number of hydrogen-bond donors (Lipinski definition) is 3. The van der Waals surface area contributed by atoms with Crippen molar-refractivity contribution < 1.29 is 13.2 Å². The second kappa shape index (κ2) is 6.42. The molecule has 0 aliphatic carbocycles. The third kappa shape index (κ3) is 4.07. The number of pyridine rings is 1. The molecule has 0 fully saturated rings. The molecule has 0 radical (unpaired) electrons. The van der Waals surface area contributed by atoms with E-state index in [-0.39, 0.29) is 9.92 Å². The molecule has 0 saturated carbocycles. The predicted octanol–water partition coefficient (Wildman–Crippen LogP) is 1.75. The van der Waals surface area contributed by atoms with Crippen LogP contribution in [0.15, 0.2) is 53.6 Å². The van der Waals surface area contributed by atoms with Gasteiger partial charge in [0.15, 0.2) is 0 Å². The van der Waals surface area contributed by atoms with E-state index in [1.54, 1.807) is 24.3 Å². The van der Waals surface area contributed by atoms with Gasteiger partial charge in [-0.2, -0.15) is 0 Å².